The highest BCUT2D eigenvalue weighted by Gasteiger charge is 2.10. The van der Waals surface area contributed by atoms with Gasteiger partial charge in [0.05, 0.1) is 20.6 Å². The predicted octanol–water partition coefficient (Wildman–Crippen LogP) is 3.69. The Morgan fingerprint density at radius 3 is 2.67 bits per heavy atom. The Morgan fingerprint density at radius 2 is 2.00 bits per heavy atom. The van der Waals surface area contributed by atoms with Crippen LogP contribution in [0.25, 0.3) is 10.9 Å². The third-order valence-corrected chi connectivity index (χ3v) is 3.35. The van der Waals surface area contributed by atoms with Gasteiger partial charge in [-0.05, 0) is 18.2 Å². The smallest absolute Gasteiger partial charge is 0.322 e. The number of aliphatic carboxylic acids is 1. The number of benzene rings is 1. The Kier molecular flexibility index (Phi) is 3.80. The van der Waals surface area contributed by atoms with Gasteiger partial charge in [0, 0.05) is 5.39 Å². The van der Waals surface area contributed by atoms with Crippen molar-refractivity contribution in [3.8, 4) is 0 Å². The zero-order valence-corrected chi connectivity index (χ0v) is 11.1. The Morgan fingerprint density at radius 1 is 1.28 bits per heavy atom. The van der Waals surface area contributed by atoms with Crippen molar-refractivity contribution in [1.82, 2.24) is 4.98 Å². The number of hydrogen-bond donors (Lipinski definition) is 2. The Balaban J connectivity index is 2.52. The van der Waals surface area contributed by atoms with Gasteiger partial charge in [-0.1, -0.05) is 34.8 Å². The van der Waals surface area contributed by atoms with Gasteiger partial charge in [0.25, 0.3) is 0 Å². The standard InChI is InChI=1S/C11H7Cl3N2O2/c12-6-2-1-5-7(13)3-8(15-4-9(17)18)16-11(5)10(6)14/h1-3H,4H2,(H,15,16)(H,17,18). The molecule has 0 aliphatic heterocycles. The highest BCUT2D eigenvalue weighted by molar-refractivity contribution is 6.46. The molecule has 7 heteroatoms. The van der Waals surface area contributed by atoms with E-state index in [4.69, 9.17) is 39.9 Å². The van der Waals surface area contributed by atoms with E-state index in [9.17, 15) is 4.79 Å². The van der Waals surface area contributed by atoms with Gasteiger partial charge in [-0.15, -0.1) is 0 Å². The summed E-state index contributed by atoms with van der Waals surface area (Å²) in [5, 5.41) is 12.9. The largest absolute Gasteiger partial charge is 0.480 e. The maximum atomic E-state index is 10.5. The molecule has 2 N–H and O–H groups in total. The van der Waals surface area contributed by atoms with Crippen LogP contribution in [-0.2, 0) is 4.79 Å². The van der Waals surface area contributed by atoms with Crippen LogP contribution in [0.2, 0.25) is 15.1 Å². The predicted molar refractivity (Wildman–Crippen MR) is 72.9 cm³/mol. The summed E-state index contributed by atoms with van der Waals surface area (Å²) in [4.78, 5) is 14.7. The van der Waals surface area contributed by atoms with E-state index in [-0.39, 0.29) is 11.6 Å². The van der Waals surface area contributed by atoms with Gasteiger partial charge in [-0.2, -0.15) is 0 Å². The van der Waals surface area contributed by atoms with Gasteiger partial charge in [0.1, 0.15) is 12.4 Å². The van der Waals surface area contributed by atoms with Gasteiger partial charge in [0.2, 0.25) is 0 Å². The molecule has 1 heterocycles. The molecule has 1 aromatic carbocycles. The second-order valence-corrected chi connectivity index (χ2v) is 4.69. The first-order valence-electron chi connectivity index (χ1n) is 4.89. The SMILES string of the molecule is O=C(O)CNc1cc(Cl)c2ccc(Cl)c(Cl)c2n1. The second kappa shape index (κ2) is 5.18. The van der Waals surface area contributed by atoms with Crippen LogP contribution in [-0.4, -0.2) is 22.6 Å². The van der Waals surface area contributed by atoms with Crippen molar-refractivity contribution < 1.29 is 9.90 Å². The summed E-state index contributed by atoms with van der Waals surface area (Å²) in [7, 11) is 0. The Labute approximate surface area is 117 Å². The minimum atomic E-state index is -0.995. The average Bonchev–Trinajstić information content (AvgIpc) is 2.32. The summed E-state index contributed by atoms with van der Waals surface area (Å²) in [5.41, 5.74) is 0.435. The zero-order chi connectivity index (χ0) is 13.3. The van der Waals surface area contributed by atoms with E-state index < -0.39 is 5.97 Å². The lowest BCUT2D eigenvalue weighted by molar-refractivity contribution is -0.134. The third-order valence-electron chi connectivity index (χ3n) is 2.24. The van der Waals surface area contributed by atoms with E-state index in [0.717, 1.165) is 0 Å². The van der Waals surface area contributed by atoms with E-state index in [2.05, 4.69) is 10.3 Å². The molecule has 1 aromatic heterocycles. The molecule has 0 radical (unpaired) electrons. The van der Waals surface area contributed by atoms with E-state index in [1.54, 1.807) is 12.1 Å². The minimum Gasteiger partial charge on any atom is -0.480 e. The number of rotatable bonds is 3. The van der Waals surface area contributed by atoms with Crippen LogP contribution in [0.1, 0.15) is 0 Å². The number of fused-ring (bicyclic) bond motifs is 1. The molecule has 0 saturated carbocycles. The molecule has 0 aliphatic carbocycles. The van der Waals surface area contributed by atoms with Gasteiger partial charge in [0.15, 0.2) is 0 Å². The molecule has 0 atom stereocenters. The molecule has 0 amide bonds. The number of carbonyl (C=O) groups is 1. The van der Waals surface area contributed by atoms with Gasteiger partial charge >= 0.3 is 5.97 Å². The molecule has 94 valence electrons. The number of nitrogens with one attached hydrogen (secondary N) is 1. The minimum absolute atomic E-state index is 0.257. The highest BCUT2D eigenvalue weighted by atomic mass is 35.5. The van der Waals surface area contributed by atoms with E-state index in [1.807, 2.05) is 0 Å². The third kappa shape index (κ3) is 2.61. The molecular formula is C11H7Cl3N2O2. The lowest BCUT2D eigenvalue weighted by Crippen LogP contribution is -2.13. The van der Waals surface area contributed by atoms with Crippen molar-refractivity contribution in [2.75, 3.05) is 11.9 Å². The van der Waals surface area contributed by atoms with Crippen molar-refractivity contribution in [2.45, 2.75) is 0 Å². The number of nitrogens with zero attached hydrogens (tertiary/aromatic N) is 1. The number of pyridine rings is 1. The first-order chi connectivity index (χ1) is 8.49. The lowest BCUT2D eigenvalue weighted by Gasteiger charge is -2.08. The maximum Gasteiger partial charge on any atom is 0.322 e. The molecule has 2 aromatic rings. The van der Waals surface area contributed by atoms with Crippen molar-refractivity contribution in [3.05, 3.63) is 33.3 Å². The van der Waals surface area contributed by atoms with Crippen LogP contribution >= 0.6 is 34.8 Å². The van der Waals surface area contributed by atoms with Gasteiger partial charge in [-0.3, -0.25) is 4.79 Å². The van der Waals surface area contributed by atoms with Gasteiger partial charge in [-0.25, -0.2) is 4.98 Å². The lowest BCUT2D eigenvalue weighted by atomic mass is 10.2. The molecule has 0 bridgehead atoms. The van der Waals surface area contributed by atoms with Crippen LogP contribution < -0.4 is 5.32 Å². The molecule has 0 unspecified atom stereocenters. The molecule has 0 fully saturated rings. The number of carboxylic acid groups (broad SMARTS) is 1. The van der Waals surface area contributed by atoms with Crippen molar-refractivity contribution in [3.63, 3.8) is 0 Å². The number of hydrogen-bond acceptors (Lipinski definition) is 3. The number of aromatic nitrogens is 1. The van der Waals surface area contributed by atoms with Crippen LogP contribution in [0, 0.1) is 0 Å². The fourth-order valence-corrected chi connectivity index (χ4v) is 2.06. The van der Waals surface area contributed by atoms with Gasteiger partial charge < -0.3 is 10.4 Å². The summed E-state index contributed by atoms with van der Waals surface area (Å²) in [5.74, 6) is -0.663. The summed E-state index contributed by atoms with van der Waals surface area (Å²) in [6, 6.07) is 4.88. The molecule has 0 saturated heterocycles. The van der Waals surface area contributed by atoms with Crippen molar-refractivity contribution in [2.24, 2.45) is 0 Å². The summed E-state index contributed by atoms with van der Waals surface area (Å²) >= 11 is 18.0. The van der Waals surface area contributed by atoms with E-state index in [0.29, 0.717) is 26.8 Å². The highest BCUT2D eigenvalue weighted by Crippen LogP contribution is 2.34. The fraction of sp³-hybridized carbons (Fsp3) is 0.0909. The molecular weight excluding hydrogens is 298 g/mol. The van der Waals surface area contributed by atoms with Crippen molar-refractivity contribution >= 4 is 57.5 Å². The first kappa shape index (κ1) is 13.2. The topological polar surface area (TPSA) is 62.2 Å². The zero-order valence-electron chi connectivity index (χ0n) is 8.88. The average molecular weight is 306 g/mol. The maximum absolute atomic E-state index is 10.5. The number of anilines is 1. The summed E-state index contributed by atoms with van der Waals surface area (Å²) < 4.78 is 0. The molecule has 4 nitrogen and oxygen atoms in total. The second-order valence-electron chi connectivity index (χ2n) is 3.49. The van der Waals surface area contributed by atoms with E-state index in [1.165, 1.54) is 6.07 Å². The van der Waals surface area contributed by atoms with E-state index >= 15 is 0 Å². The summed E-state index contributed by atoms with van der Waals surface area (Å²) in [6.07, 6.45) is 0. The fourth-order valence-electron chi connectivity index (χ4n) is 1.45. The Hall–Kier alpha value is -1.23. The molecule has 18 heavy (non-hydrogen) atoms. The van der Waals surface area contributed by atoms with Crippen molar-refractivity contribution in [1.29, 1.82) is 0 Å². The Bertz CT molecular complexity index is 631. The monoisotopic (exact) mass is 304 g/mol. The molecule has 2 rings (SSSR count). The summed E-state index contributed by atoms with van der Waals surface area (Å²) in [6.45, 7) is -0.257. The van der Waals surface area contributed by atoms with Crippen LogP contribution in [0.5, 0.6) is 0 Å². The number of halogens is 3. The molecule has 0 spiro atoms. The molecule has 0 aliphatic rings. The van der Waals surface area contributed by atoms with Crippen LogP contribution in [0.15, 0.2) is 18.2 Å². The normalized spacial score (nSPS) is 10.6. The van der Waals surface area contributed by atoms with Crippen LogP contribution in [0.3, 0.4) is 0 Å². The number of carboxylic acids is 1. The van der Waals surface area contributed by atoms with Crippen LogP contribution in [0.4, 0.5) is 5.82 Å². The first-order valence-corrected chi connectivity index (χ1v) is 6.02. The quantitative estimate of drug-likeness (QED) is 0.908.